The number of hydrogen-bond acceptors (Lipinski definition) is 4. The van der Waals surface area contributed by atoms with Crippen LogP contribution in [0.3, 0.4) is 0 Å². The highest BCUT2D eigenvalue weighted by Gasteiger charge is 2.53. The van der Waals surface area contributed by atoms with E-state index in [1.165, 1.54) is 19.1 Å². The van der Waals surface area contributed by atoms with Gasteiger partial charge in [0.25, 0.3) is 0 Å². The second-order valence-corrected chi connectivity index (χ2v) is 11.8. The van der Waals surface area contributed by atoms with Gasteiger partial charge in [-0.2, -0.15) is 0 Å². The second kappa shape index (κ2) is 6.31. The predicted molar refractivity (Wildman–Crippen MR) is 85.8 cm³/mol. The number of alkyl halides is 3. The Morgan fingerprint density at radius 2 is 2.14 bits per heavy atom. The molecule has 2 atom stereocenters. The SMILES string of the molecule is CC1(COc2ccc(Cl)c(F)c2)OC(C(Br)(Br)Br)OC1=O. The molecular weight excluding hydrogens is 502 g/mol. The van der Waals surface area contributed by atoms with Gasteiger partial charge in [0.05, 0.1) is 5.02 Å². The number of esters is 1. The van der Waals surface area contributed by atoms with Crippen molar-refractivity contribution in [2.24, 2.45) is 0 Å². The van der Waals surface area contributed by atoms with Crippen LogP contribution in [0.15, 0.2) is 18.2 Å². The lowest BCUT2D eigenvalue weighted by Gasteiger charge is -2.22. The van der Waals surface area contributed by atoms with Crippen molar-refractivity contribution in [1.29, 1.82) is 0 Å². The Morgan fingerprint density at radius 3 is 2.67 bits per heavy atom. The summed E-state index contributed by atoms with van der Waals surface area (Å²) in [7, 11) is 0. The minimum absolute atomic E-state index is 0.00667. The molecule has 0 N–H and O–H groups in total. The van der Waals surface area contributed by atoms with Gasteiger partial charge in [0.2, 0.25) is 6.29 Å². The lowest BCUT2D eigenvalue weighted by Crippen LogP contribution is -2.40. The second-order valence-electron chi connectivity index (χ2n) is 4.49. The Labute approximate surface area is 150 Å². The molecule has 1 aromatic carbocycles. The van der Waals surface area contributed by atoms with Gasteiger partial charge in [-0.15, -0.1) is 0 Å². The molecule has 2 unspecified atom stereocenters. The maximum absolute atomic E-state index is 13.3. The van der Waals surface area contributed by atoms with E-state index < -0.39 is 25.8 Å². The Bertz CT molecular complexity index is 566. The van der Waals surface area contributed by atoms with Gasteiger partial charge < -0.3 is 14.2 Å². The van der Waals surface area contributed by atoms with Crippen LogP contribution in [0.1, 0.15) is 6.92 Å². The number of hydrogen-bond donors (Lipinski definition) is 0. The van der Waals surface area contributed by atoms with Crippen molar-refractivity contribution in [2.45, 2.75) is 21.0 Å². The summed E-state index contributed by atoms with van der Waals surface area (Å²) >= 11 is 15.3. The monoisotopic (exact) mass is 508 g/mol. The molecule has 0 radical (unpaired) electrons. The highest BCUT2D eigenvalue weighted by atomic mass is 80.0. The molecule has 0 spiro atoms. The van der Waals surface area contributed by atoms with Gasteiger partial charge in [-0.05, 0) is 19.1 Å². The third-order valence-corrected chi connectivity index (χ3v) is 4.11. The Balaban J connectivity index is 2.05. The number of rotatable bonds is 3. The number of halogens is 5. The third kappa shape index (κ3) is 4.10. The molecule has 9 heteroatoms. The number of benzene rings is 1. The predicted octanol–water partition coefficient (Wildman–Crippen LogP) is 4.35. The molecule has 0 aliphatic carbocycles. The summed E-state index contributed by atoms with van der Waals surface area (Å²) in [5.41, 5.74) is -1.30. The summed E-state index contributed by atoms with van der Waals surface area (Å²) in [6.45, 7) is 1.40. The highest BCUT2D eigenvalue weighted by molar-refractivity contribution is 9.39. The average Bonchev–Trinajstić information content (AvgIpc) is 2.68. The largest absolute Gasteiger partial charge is 0.490 e. The van der Waals surface area contributed by atoms with Crippen LogP contribution in [0.25, 0.3) is 0 Å². The molecule has 0 amide bonds. The van der Waals surface area contributed by atoms with Gasteiger partial charge in [0.15, 0.2) is 7.74 Å². The van der Waals surface area contributed by atoms with E-state index in [0.29, 0.717) is 0 Å². The fourth-order valence-corrected chi connectivity index (χ4v) is 2.22. The van der Waals surface area contributed by atoms with Crippen molar-refractivity contribution in [3.63, 3.8) is 0 Å². The Kier molecular flexibility index (Phi) is 5.25. The van der Waals surface area contributed by atoms with Crippen molar-refractivity contribution in [3.8, 4) is 5.75 Å². The first-order valence-electron chi connectivity index (χ1n) is 5.65. The van der Waals surface area contributed by atoms with Gasteiger partial charge in [0.1, 0.15) is 18.2 Å². The Morgan fingerprint density at radius 1 is 1.48 bits per heavy atom. The molecule has 0 bridgehead atoms. The number of carbonyl (C=O) groups excluding carboxylic acids is 1. The van der Waals surface area contributed by atoms with Crippen LogP contribution >= 0.6 is 59.4 Å². The Hall–Kier alpha value is 0.110. The molecule has 1 fully saturated rings. The summed E-state index contributed by atoms with van der Waals surface area (Å²) in [6.07, 6.45) is -0.888. The minimum atomic E-state index is -1.30. The number of cyclic esters (lactones) is 1. The summed E-state index contributed by atoms with van der Waals surface area (Å²) in [5, 5.41) is -0.00667. The lowest BCUT2D eigenvalue weighted by atomic mass is 10.1. The van der Waals surface area contributed by atoms with E-state index in [1.54, 1.807) is 0 Å². The quantitative estimate of drug-likeness (QED) is 0.447. The van der Waals surface area contributed by atoms with E-state index in [4.69, 9.17) is 25.8 Å². The zero-order valence-corrected chi connectivity index (χ0v) is 16.1. The van der Waals surface area contributed by atoms with Gasteiger partial charge in [-0.25, -0.2) is 9.18 Å². The van der Waals surface area contributed by atoms with Crippen molar-refractivity contribution in [2.75, 3.05) is 6.61 Å². The van der Waals surface area contributed by atoms with E-state index in [0.717, 1.165) is 6.07 Å². The molecule has 0 saturated carbocycles. The van der Waals surface area contributed by atoms with Crippen LogP contribution in [0.4, 0.5) is 4.39 Å². The molecule has 1 heterocycles. The molecule has 1 saturated heterocycles. The lowest BCUT2D eigenvalue weighted by molar-refractivity contribution is -0.145. The highest BCUT2D eigenvalue weighted by Crippen LogP contribution is 2.44. The maximum Gasteiger partial charge on any atom is 0.344 e. The van der Waals surface area contributed by atoms with Crippen LogP contribution in [-0.4, -0.2) is 26.6 Å². The van der Waals surface area contributed by atoms with Crippen LogP contribution in [0.2, 0.25) is 5.02 Å². The third-order valence-electron chi connectivity index (χ3n) is 2.69. The molecule has 4 nitrogen and oxygen atoms in total. The van der Waals surface area contributed by atoms with Crippen molar-refractivity contribution < 1.29 is 23.4 Å². The first-order chi connectivity index (χ1) is 9.62. The minimum Gasteiger partial charge on any atom is -0.490 e. The topological polar surface area (TPSA) is 44.8 Å². The first kappa shape index (κ1) is 17.5. The van der Waals surface area contributed by atoms with Crippen LogP contribution < -0.4 is 4.74 Å². The van der Waals surface area contributed by atoms with Crippen molar-refractivity contribution in [1.82, 2.24) is 0 Å². The normalized spacial score (nSPS) is 25.8. The standard InChI is InChI=1S/C12H9Br3ClFO4/c1-11(9(18)20-10(21-11)12(13,14)15)5-19-6-2-3-7(16)8(17)4-6/h2-4,10H,5H2,1H3. The fourth-order valence-electron chi connectivity index (χ4n) is 1.54. The van der Waals surface area contributed by atoms with Gasteiger partial charge >= 0.3 is 5.97 Å². The van der Waals surface area contributed by atoms with Crippen LogP contribution in [0, 0.1) is 5.82 Å². The zero-order valence-electron chi connectivity index (χ0n) is 10.5. The number of ether oxygens (including phenoxy) is 3. The molecule has 116 valence electrons. The van der Waals surface area contributed by atoms with E-state index in [2.05, 4.69) is 47.8 Å². The van der Waals surface area contributed by atoms with Crippen molar-refractivity contribution in [3.05, 3.63) is 29.0 Å². The van der Waals surface area contributed by atoms with E-state index >= 15 is 0 Å². The summed E-state index contributed by atoms with van der Waals surface area (Å²) in [6, 6.07) is 4.00. The zero-order chi connectivity index (χ0) is 15.8. The molecular formula is C12H9Br3ClFO4. The van der Waals surface area contributed by atoms with Crippen LogP contribution in [0.5, 0.6) is 5.75 Å². The first-order valence-corrected chi connectivity index (χ1v) is 8.41. The molecule has 1 aliphatic rings. The van der Waals surface area contributed by atoms with Gasteiger partial charge in [-0.1, -0.05) is 59.4 Å². The van der Waals surface area contributed by atoms with E-state index in [9.17, 15) is 9.18 Å². The average molecular weight is 511 g/mol. The maximum atomic E-state index is 13.3. The molecule has 1 aromatic rings. The summed E-state index contributed by atoms with van der Waals surface area (Å²) in [4.78, 5) is 11.9. The smallest absolute Gasteiger partial charge is 0.344 e. The molecule has 2 rings (SSSR count). The van der Waals surface area contributed by atoms with Gasteiger partial charge in [0, 0.05) is 6.07 Å². The van der Waals surface area contributed by atoms with E-state index in [-0.39, 0.29) is 17.4 Å². The van der Waals surface area contributed by atoms with Crippen molar-refractivity contribution >= 4 is 65.4 Å². The van der Waals surface area contributed by atoms with E-state index in [1.807, 2.05) is 0 Å². The summed E-state index contributed by atoms with van der Waals surface area (Å²) in [5.74, 6) is -0.946. The van der Waals surface area contributed by atoms with Crippen LogP contribution in [-0.2, 0) is 14.3 Å². The van der Waals surface area contributed by atoms with Gasteiger partial charge in [-0.3, -0.25) is 0 Å². The molecule has 0 aromatic heterocycles. The summed E-state index contributed by atoms with van der Waals surface area (Å²) < 4.78 is 28.5. The molecule has 1 aliphatic heterocycles. The number of carbonyl (C=O) groups is 1. The molecule has 21 heavy (non-hydrogen) atoms. The fraction of sp³-hybridized carbons (Fsp3) is 0.417.